The van der Waals surface area contributed by atoms with Gasteiger partial charge in [0.15, 0.2) is 0 Å². The third-order valence-electron chi connectivity index (χ3n) is 4.95. The molecule has 0 bridgehead atoms. The van der Waals surface area contributed by atoms with E-state index in [0.717, 1.165) is 42.6 Å². The monoisotopic (exact) mass is 352 g/mol. The zero-order valence-electron chi connectivity index (χ0n) is 14.2. The van der Waals surface area contributed by atoms with Gasteiger partial charge in [-0.25, -0.2) is 9.50 Å². The maximum Gasteiger partial charge on any atom is 0.252 e. The highest BCUT2D eigenvalue weighted by atomic mass is 35.5. The fraction of sp³-hybridized carbons (Fsp3) is 0.625. The molecule has 132 valence electrons. The molecule has 0 radical (unpaired) electrons. The van der Waals surface area contributed by atoms with E-state index >= 15 is 0 Å². The number of amides is 1. The molecule has 2 aromatic rings. The van der Waals surface area contributed by atoms with Crippen molar-refractivity contribution in [3.63, 3.8) is 0 Å². The Bertz CT molecular complexity index is 723. The van der Waals surface area contributed by atoms with E-state index in [2.05, 4.69) is 20.4 Å². The van der Waals surface area contributed by atoms with Gasteiger partial charge in [-0.05, 0) is 38.7 Å². The maximum absolute atomic E-state index is 12.4. The van der Waals surface area contributed by atoms with Crippen molar-refractivity contribution in [2.24, 2.45) is 5.73 Å². The summed E-state index contributed by atoms with van der Waals surface area (Å²) in [5.41, 5.74) is 8.66. The van der Waals surface area contributed by atoms with Crippen molar-refractivity contribution >= 4 is 24.1 Å². The van der Waals surface area contributed by atoms with Crippen LogP contribution < -0.4 is 11.1 Å². The molecule has 1 saturated carbocycles. The Morgan fingerprint density at radius 2 is 2.08 bits per heavy atom. The molecular weight excluding hydrogens is 328 g/mol. The fourth-order valence-corrected chi connectivity index (χ4v) is 3.55. The molecule has 1 amide bonds. The molecular formula is C16H25ClN6O. The van der Waals surface area contributed by atoms with Crippen LogP contribution in [0.5, 0.6) is 0 Å². The summed E-state index contributed by atoms with van der Waals surface area (Å²) < 4.78 is 1.72. The van der Waals surface area contributed by atoms with Crippen LogP contribution in [0.4, 0.5) is 0 Å². The topological polar surface area (TPSA) is 98.2 Å². The van der Waals surface area contributed by atoms with E-state index in [4.69, 9.17) is 5.73 Å². The largest absolute Gasteiger partial charge is 0.349 e. The zero-order chi connectivity index (χ0) is 16.4. The van der Waals surface area contributed by atoms with Crippen molar-refractivity contribution in [1.29, 1.82) is 0 Å². The van der Waals surface area contributed by atoms with E-state index < -0.39 is 0 Å². The fourth-order valence-electron chi connectivity index (χ4n) is 3.55. The lowest BCUT2D eigenvalue weighted by Gasteiger charge is -2.28. The molecule has 1 aliphatic rings. The summed E-state index contributed by atoms with van der Waals surface area (Å²) in [4.78, 5) is 20.9. The second-order valence-corrected chi connectivity index (χ2v) is 6.47. The highest BCUT2D eigenvalue weighted by Gasteiger charge is 2.33. The Balaban J connectivity index is 0.00000208. The molecule has 24 heavy (non-hydrogen) atoms. The first-order valence-corrected chi connectivity index (χ1v) is 8.21. The summed E-state index contributed by atoms with van der Waals surface area (Å²) in [5.74, 6) is 0.663. The van der Waals surface area contributed by atoms with Crippen LogP contribution in [0, 0.1) is 13.8 Å². The van der Waals surface area contributed by atoms with Crippen molar-refractivity contribution in [2.75, 3.05) is 6.54 Å². The predicted octanol–water partition coefficient (Wildman–Crippen LogP) is 1.48. The van der Waals surface area contributed by atoms with Gasteiger partial charge >= 0.3 is 0 Å². The van der Waals surface area contributed by atoms with Gasteiger partial charge in [0, 0.05) is 24.4 Å². The van der Waals surface area contributed by atoms with Gasteiger partial charge in [0.05, 0.1) is 5.54 Å². The van der Waals surface area contributed by atoms with E-state index in [1.807, 2.05) is 13.8 Å². The normalized spacial score (nSPS) is 16.1. The first-order valence-electron chi connectivity index (χ1n) is 8.21. The van der Waals surface area contributed by atoms with Crippen LogP contribution in [0.2, 0.25) is 0 Å². The van der Waals surface area contributed by atoms with Crippen molar-refractivity contribution < 1.29 is 4.79 Å². The molecule has 7 nitrogen and oxygen atoms in total. The number of halogens is 1. The lowest BCUT2D eigenvalue weighted by Crippen LogP contribution is -2.51. The zero-order valence-corrected chi connectivity index (χ0v) is 15.0. The predicted molar refractivity (Wildman–Crippen MR) is 94.2 cm³/mol. The first-order chi connectivity index (χ1) is 11.0. The van der Waals surface area contributed by atoms with Crippen molar-refractivity contribution in [3.05, 3.63) is 23.3 Å². The number of carbonyl (C=O) groups excluding carboxylic acids is 1. The number of nitrogens with two attached hydrogens (primary N) is 1. The Labute approximate surface area is 147 Å². The minimum absolute atomic E-state index is 0. The molecule has 0 aromatic carbocycles. The molecule has 3 rings (SSSR count). The van der Waals surface area contributed by atoms with Crippen LogP contribution in [0.3, 0.4) is 0 Å². The highest BCUT2D eigenvalue weighted by molar-refractivity contribution is 5.85. The molecule has 3 N–H and O–H groups in total. The SMILES string of the molecule is Cc1nc2ncnn2c(C)c1CCC(=O)NC1(CN)CCCC1.Cl. The second kappa shape index (κ2) is 7.44. The number of nitrogens with zero attached hydrogens (tertiary/aromatic N) is 4. The second-order valence-electron chi connectivity index (χ2n) is 6.47. The molecule has 0 atom stereocenters. The van der Waals surface area contributed by atoms with E-state index in [1.54, 1.807) is 4.52 Å². The van der Waals surface area contributed by atoms with Gasteiger partial charge in [0.1, 0.15) is 6.33 Å². The summed E-state index contributed by atoms with van der Waals surface area (Å²) in [6.07, 6.45) is 6.83. The van der Waals surface area contributed by atoms with E-state index in [9.17, 15) is 4.79 Å². The van der Waals surface area contributed by atoms with Gasteiger partial charge in [-0.1, -0.05) is 12.8 Å². The summed E-state index contributed by atoms with van der Waals surface area (Å²) in [5, 5.41) is 7.34. The number of aromatic nitrogens is 4. The van der Waals surface area contributed by atoms with Crippen LogP contribution in [-0.2, 0) is 11.2 Å². The number of aryl methyl sites for hydroxylation is 2. The number of hydrogen-bond donors (Lipinski definition) is 2. The third-order valence-corrected chi connectivity index (χ3v) is 4.95. The Kier molecular flexibility index (Phi) is 5.77. The van der Waals surface area contributed by atoms with Gasteiger partial charge in [-0.15, -0.1) is 12.4 Å². The van der Waals surface area contributed by atoms with Crippen molar-refractivity contribution in [1.82, 2.24) is 24.9 Å². The lowest BCUT2D eigenvalue weighted by molar-refractivity contribution is -0.122. The molecule has 0 aliphatic heterocycles. The number of fused-ring (bicyclic) bond motifs is 1. The van der Waals surface area contributed by atoms with Gasteiger partial charge in [-0.3, -0.25) is 4.79 Å². The van der Waals surface area contributed by atoms with Crippen molar-refractivity contribution in [2.45, 2.75) is 57.9 Å². The average Bonchev–Trinajstić information content (AvgIpc) is 3.16. The molecule has 0 saturated heterocycles. The van der Waals surface area contributed by atoms with Crippen LogP contribution in [0.1, 0.15) is 49.1 Å². The average molecular weight is 353 g/mol. The van der Waals surface area contributed by atoms with E-state index in [1.165, 1.54) is 6.33 Å². The minimum atomic E-state index is -0.185. The van der Waals surface area contributed by atoms with Gasteiger partial charge in [0.2, 0.25) is 5.91 Å². The maximum atomic E-state index is 12.4. The van der Waals surface area contributed by atoms with Gasteiger partial charge in [-0.2, -0.15) is 10.1 Å². The van der Waals surface area contributed by atoms with E-state index in [-0.39, 0.29) is 23.9 Å². The molecule has 1 aliphatic carbocycles. The standard InChI is InChI=1S/C16H24N6O.ClH/c1-11-13(12(2)22-15(20-11)18-10-19-22)5-6-14(23)21-16(9-17)7-3-4-8-16;/h10H,3-9,17H2,1-2H3,(H,21,23);1H. The molecule has 8 heteroatoms. The van der Waals surface area contributed by atoms with Crippen LogP contribution in [0.25, 0.3) is 5.78 Å². The molecule has 0 spiro atoms. The smallest absolute Gasteiger partial charge is 0.252 e. The summed E-state index contributed by atoms with van der Waals surface area (Å²) in [6.45, 7) is 4.46. The number of nitrogens with one attached hydrogen (secondary N) is 1. The Morgan fingerprint density at radius 3 is 2.75 bits per heavy atom. The molecule has 0 unspecified atom stereocenters. The summed E-state index contributed by atoms with van der Waals surface area (Å²) in [7, 11) is 0. The minimum Gasteiger partial charge on any atom is -0.349 e. The third kappa shape index (κ3) is 3.52. The summed E-state index contributed by atoms with van der Waals surface area (Å²) >= 11 is 0. The number of hydrogen-bond acceptors (Lipinski definition) is 5. The number of carbonyl (C=O) groups is 1. The van der Waals surface area contributed by atoms with Crippen molar-refractivity contribution in [3.8, 4) is 0 Å². The molecule has 2 aromatic heterocycles. The van der Waals surface area contributed by atoms with Gasteiger partial charge < -0.3 is 11.1 Å². The quantitative estimate of drug-likeness (QED) is 0.849. The number of rotatable bonds is 5. The van der Waals surface area contributed by atoms with Crippen LogP contribution in [-0.4, -0.2) is 37.6 Å². The molecule has 1 fully saturated rings. The lowest BCUT2D eigenvalue weighted by atomic mass is 9.97. The first kappa shape index (κ1) is 18.6. The van der Waals surface area contributed by atoms with Crippen LogP contribution >= 0.6 is 12.4 Å². The molecule has 2 heterocycles. The highest BCUT2D eigenvalue weighted by Crippen LogP contribution is 2.28. The Hall–Kier alpha value is -1.73. The van der Waals surface area contributed by atoms with E-state index in [0.29, 0.717) is 25.2 Å². The summed E-state index contributed by atoms with van der Waals surface area (Å²) in [6, 6.07) is 0. The van der Waals surface area contributed by atoms with Crippen LogP contribution in [0.15, 0.2) is 6.33 Å². The van der Waals surface area contributed by atoms with Gasteiger partial charge in [0.25, 0.3) is 5.78 Å². The Morgan fingerprint density at radius 1 is 1.38 bits per heavy atom.